The van der Waals surface area contributed by atoms with Crippen molar-refractivity contribution in [2.24, 2.45) is 5.14 Å². The minimum atomic E-state index is -4.46. The summed E-state index contributed by atoms with van der Waals surface area (Å²) in [4.78, 5) is 3.32. The van der Waals surface area contributed by atoms with Crippen LogP contribution in [0.25, 0.3) is 11.1 Å². The maximum Gasteiger partial charge on any atom is 0.243 e. The third-order valence-corrected chi connectivity index (χ3v) is 5.38. The van der Waals surface area contributed by atoms with E-state index >= 15 is 0 Å². The third-order valence-electron chi connectivity index (χ3n) is 4.42. The Balaban J connectivity index is 2.10. The predicted molar refractivity (Wildman–Crippen MR) is 86.8 cm³/mol. The topological polar surface area (TPSA) is 73.1 Å². The molecule has 0 radical (unpaired) electrons. The van der Waals surface area contributed by atoms with Crippen molar-refractivity contribution < 1.29 is 17.2 Å². The van der Waals surface area contributed by atoms with Crippen molar-refractivity contribution in [2.45, 2.75) is 42.9 Å². The quantitative estimate of drug-likeness (QED) is 0.915. The number of hydrogen-bond donors (Lipinski definition) is 1. The van der Waals surface area contributed by atoms with E-state index in [9.17, 15) is 17.2 Å². The summed E-state index contributed by atoms with van der Waals surface area (Å²) in [6.45, 7) is 0. The summed E-state index contributed by atoms with van der Waals surface area (Å²) in [5.41, 5.74) is 1.70. The standard InChI is InChI=1S/C17H18F2N2O2S/c18-14-9-12(10-15(19)17(14)24(20,22)23)13-7-4-8-21-16(13)11-5-2-1-3-6-11/h4,7-11H,1-3,5-6H2,(H2,20,22,23). The fourth-order valence-corrected chi connectivity index (χ4v) is 4.01. The van der Waals surface area contributed by atoms with Crippen LogP contribution in [0.15, 0.2) is 35.4 Å². The van der Waals surface area contributed by atoms with Crippen LogP contribution in [0, 0.1) is 11.6 Å². The van der Waals surface area contributed by atoms with E-state index in [0.29, 0.717) is 5.56 Å². The highest BCUT2D eigenvalue weighted by atomic mass is 32.2. The number of nitrogens with two attached hydrogens (primary N) is 1. The molecule has 0 spiro atoms. The molecule has 1 aliphatic carbocycles. The Morgan fingerprint density at radius 1 is 1.08 bits per heavy atom. The molecular formula is C17H18F2N2O2S. The number of rotatable bonds is 3. The number of halogens is 2. The first kappa shape index (κ1) is 17.0. The van der Waals surface area contributed by atoms with Gasteiger partial charge in [0.2, 0.25) is 10.0 Å². The second-order valence-electron chi connectivity index (χ2n) is 6.09. The minimum Gasteiger partial charge on any atom is -0.260 e. The van der Waals surface area contributed by atoms with Gasteiger partial charge in [0, 0.05) is 17.7 Å². The van der Waals surface area contributed by atoms with Gasteiger partial charge in [-0.1, -0.05) is 25.3 Å². The fraction of sp³-hybridized carbons (Fsp3) is 0.353. The van der Waals surface area contributed by atoms with Gasteiger partial charge in [0.15, 0.2) is 4.90 Å². The molecule has 1 saturated carbocycles. The maximum atomic E-state index is 14.1. The van der Waals surface area contributed by atoms with Gasteiger partial charge in [0.05, 0.1) is 5.69 Å². The molecule has 3 rings (SSSR count). The molecule has 128 valence electrons. The van der Waals surface area contributed by atoms with Gasteiger partial charge in [0.25, 0.3) is 0 Å². The molecule has 1 aromatic carbocycles. The van der Waals surface area contributed by atoms with E-state index < -0.39 is 26.6 Å². The molecular weight excluding hydrogens is 334 g/mol. The summed E-state index contributed by atoms with van der Waals surface area (Å²) in [6.07, 6.45) is 7.04. The molecule has 0 unspecified atom stereocenters. The molecule has 2 aromatic rings. The summed E-state index contributed by atoms with van der Waals surface area (Å²) in [5, 5.41) is 4.87. The Kier molecular flexibility index (Phi) is 4.64. The van der Waals surface area contributed by atoms with Gasteiger partial charge in [-0.15, -0.1) is 0 Å². The Morgan fingerprint density at radius 3 is 2.29 bits per heavy atom. The number of pyridine rings is 1. The van der Waals surface area contributed by atoms with Crippen molar-refractivity contribution >= 4 is 10.0 Å². The largest absolute Gasteiger partial charge is 0.260 e. The van der Waals surface area contributed by atoms with Gasteiger partial charge >= 0.3 is 0 Å². The van der Waals surface area contributed by atoms with Crippen LogP contribution in [-0.2, 0) is 10.0 Å². The molecule has 1 aromatic heterocycles. The second kappa shape index (κ2) is 6.57. The van der Waals surface area contributed by atoms with Crippen LogP contribution >= 0.6 is 0 Å². The van der Waals surface area contributed by atoms with Gasteiger partial charge in [-0.05, 0) is 36.6 Å². The zero-order chi connectivity index (χ0) is 17.3. The summed E-state index contributed by atoms with van der Waals surface area (Å²) >= 11 is 0. The number of sulfonamides is 1. The van der Waals surface area contributed by atoms with Crippen LogP contribution in [-0.4, -0.2) is 13.4 Å². The van der Waals surface area contributed by atoms with Crippen molar-refractivity contribution in [3.8, 4) is 11.1 Å². The van der Waals surface area contributed by atoms with Crippen molar-refractivity contribution in [1.82, 2.24) is 4.98 Å². The minimum absolute atomic E-state index is 0.249. The summed E-state index contributed by atoms with van der Waals surface area (Å²) in [7, 11) is -4.46. The average Bonchev–Trinajstić information content (AvgIpc) is 2.53. The molecule has 4 nitrogen and oxygen atoms in total. The lowest BCUT2D eigenvalue weighted by Gasteiger charge is -2.23. The van der Waals surface area contributed by atoms with E-state index in [2.05, 4.69) is 4.98 Å². The van der Waals surface area contributed by atoms with Crippen LogP contribution in [0.4, 0.5) is 8.78 Å². The number of primary sulfonamides is 1. The third kappa shape index (κ3) is 3.32. The first-order valence-electron chi connectivity index (χ1n) is 7.85. The molecule has 2 N–H and O–H groups in total. The molecule has 1 aliphatic rings. The Morgan fingerprint density at radius 2 is 1.71 bits per heavy atom. The van der Waals surface area contributed by atoms with E-state index in [4.69, 9.17) is 5.14 Å². The predicted octanol–water partition coefficient (Wildman–Crippen LogP) is 3.72. The number of benzene rings is 1. The van der Waals surface area contributed by atoms with Crippen molar-refractivity contribution in [2.75, 3.05) is 0 Å². The maximum absolute atomic E-state index is 14.1. The van der Waals surface area contributed by atoms with Crippen LogP contribution in [0.3, 0.4) is 0 Å². The van der Waals surface area contributed by atoms with Crippen molar-refractivity contribution in [3.63, 3.8) is 0 Å². The molecule has 24 heavy (non-hydrogen) atoms. The molecule has 0 bridgehead atoms. The van der Waals surface area contributed by atoms with E-state index in [1.54, 1.807) is 18.3 Å². The highest BCUT2D eigenvalue weighted by molar-refractivity contribution is 7.89. The van der Waals surface area contributed by atoms with Gasteiger partial charge in [-0.25, -0.2) is 22.3 Å². The van der Waals surface area contributed by atoms with Gasteiger partial charge in [0.1, 0.15) is 11.6 Å². The number of hydrogen-bond acceptors (Lipinski definition) is 3. The normalized spacial score (nSPS) is 16.3. The van der Waals surface area contributed by atoms with E-state index in [1.807, 2.05) is 0 Å². The highest BCUT2D eigenvalue weighted by Crippen LogP contribution is 2.37. The molecule has 0 saturated heterocycles. The van der Waals surface area contributed by atoms with E-state index in [1.165, 1.54) is 6.42 Å². The van der Waals surface area contributed by atoms with Crippen molar-refractivity contribution in [3.05, 3.63) is 47.8 Å². The summed E-state index contributed by atoms with van der Waals surface area (Å²) in [5.74, 6) is -2.13. The zero-order valence-corrected chi connectivity index (χ0v) is 13.8. The van der Waals surface area contributed by atoms with Crippen molar-refractivity contribution in [1.29, 1.82) is 0 Å². The number of nitrogens with zero attached hydrogens (tertiary/aromatic N) is 1. The number of aromatic nitrogens is 1. The van der Waals surface area contributed by atoms with E-state index in [-0.39, 0.29) is 11.5 Å². The van der Waals surface area contributed by atoms with Crippen LogP contribution in [0.1, 0.15) is 43.7 Å². The van der Waals surface area contributed by atoms with Gasteiger partial charge in [-0.2, -0.15) is 0 Å². The van der Waals surface area contributed by atoms with Gasteiger partial charge < -0.3 is 0 Å². The summed E-state index contributed by atoms with van der Waals surface area (Å²) in [6, 6.07) is 5.46. The summed E-state index contributed by atoms with van der Waals surface area (Å²) < 4.78 is 50.9. The smallest absolute Gasteiger partial charge is 0.243 e. The molecule has 0 amide bonds. The van der Waals surface area contributed by atoms with Crippen LogP contribution in [0.2, 0.25) is 0 Å². The molecule has 0 atom stereocenters. The average molecular weight is 352 g/mol. The Bertz CT molecular complexity index is 840. The SMILES string of the molecule is NS(=O)(=O)c1c(F)cc(-c2cccnc2C2CCCCC2)cc1F. The highest BCUT2D eigenvalue weighted by Gasteiger charge is 2.24. The zero-order valence-electron chi connectivity index (χ0n) is 13.0. The lowest BCUT2D eigenvalue weighted by molar-refractivity contribution is 0.437. The lowest BCUT2D eigenvalue weighted by Crippen LogP contribution is -2.16. The van der Waals surface area contributed by atoms with E-state index in [0.717, 1.165) is 43.5 Å². The fourth-order valence-electron chi connectivity index (χ4n) is 3.35. The van der Waals surface area contributed by atoms with Crippen LogP contribution in [0.5, 0.6) is 0 Å². The molecule has 1 fully saturated rings. The first-order valence-corrected chi connectivity index (χ1v) is 9.39. The molecule has 0 aliphatic heterocycles. The van der Waals surface area contributed by atoms with Crippen LogP contribution < -0.4 is 5.14 Å². The second-order valence-corrected chi connectivity index (χ2v) is 7.58. The monoisotopic (exact) mass is 352 g/mol. The lowest BCUT2D eigenvalue weighted by atomic mass is 9.84. The Labute approximate surface area is 139 Å². The Hall–Kier alpha value is -1.86. The van der Waals surface area contributed by atoms with Gasteiger partial charge in [-0.3, -0.25) is 4.98 Å². The molecule has 7 heteroatoms. The first-order chi connectivity index (χ1) is 11.4. The molecule has 1 heterocycles.